The molecule has 70 heavy (non-hydrogen) atoms. The Balaban J connectivity index is 0.727. The Hall–Kier alpha value is -5.97. The number of aliphatic hydroxyl groups is 1. The van der Waals surface area contributed by atoms with Gasteiger partial charge in [0.05, 0.1) is 17.6 Å². The van der Waals surface area contributed by atoms with Gasteiger partial charge in [0.1, 0.15) is 34.5 Å². The molecule has 0 spiro atoms. The highest BCUT2D eigenvalue weighted by molar-refractivity contribution is 6.03. The molecule has 2 aromatic heterocycles. The van der Waals surface area contributed by atoms with Crippen LogP contribution in [0, 0.1) is 11.2 Å². The van der Waals surface area contributed by atoms with E-state index in [0.29, 0.717) is 112 Å². The van der Waals surface area contributed by atoms with Crippen LogP contribution in [0.15, 0.2) is 67.0 Å². The van der Waals surface area contributed by atoms with E-state index in [2.05, 4.69) is 37.6 Å². The molecule has 16 heteroatoms. The highest BCUT2D eigenvalue weighted by Crippen LogP contribution is 2.48. The number of phenols is 1. The molecule has 3 aromatic carbocycles. The largest absolute Gasteiger partial charge is 0.508 e. The van der Waals surface area contributed by atoms with Crippen LogP contribution in [0.25, 0.3) is 32.9 Å². The average molecular weight is 956 g/mol. The van der Waals surface area contributed by atoms with E-state index in [1.54, 1.807) is 30.2 Å². The van der Waals surface area contributed by atoms with E-state index >= 15 is 8.78 Å². The number of ether oxygens (including phenoxy) is 1. The van der Waals surface area contributed by atoms with Crippen LogP contribution >= 0.6 is 0 Å². The monoisotopic (exact) mass is 955 g/mol. The Morgan fingerprint density at radius 2 is 1.70 bits per heavy atom. The van der Waals surface area contributed by atoms with Crippen molar-refractivity contribution < 1.29 is 33.3 Å². The molecule has 0 unspecified atom stereocenters. The maximum absolute atomic E-state index is 17.1. The number of fused-ring (bicyclic) bond motifs is 3. The van der Waals surface area contributed by atoms with Crippen LogP contribution in [-0.4, -0.2) is 141 Å². The summed E-state index contributed by atoms with van der Waals surface area (Å²) in [6, 6.07) is 14.6. The van der Waals surface area contributed by atoms with E-state index in [1.165, 1.54) is 0 Å². The fourth-order valence-electron chi connectivity index (χ4n) is 11.8. The van der Waals surface area contributed by atoms with Crippen LogP contribution in [0.4, 0.5) is 20.3 Å². The molecule has 0 radical (unpaired) electrons. The quantitative estimate of drug-likeness (QED) is 0.117. The van der Waals surface area contributed by atoms with Gasteiger partial charge in [-0.1, -0.05) is 31.7 Å². The second-order valence-electron chi connectivity index (χ2n) is 21.3. The minimum absolute atomic E-state index is 0.0119. The number of piperazine rings is 1. The first-order valence-corrected chi connectivity index (χ1v) is 25.2. The zero-order chi connectivity index (χ0) is 48.5. The molecule has 11 rings (SSSR count). The molecular weight excluding hydrogens is 893 g/mol. The summed E-state index contributed by atoms with van der Waals surface area (Å²) in [7, 11) is 0. The first kappa shape index (κ1) is 46.4. The van der Waals surface area contributed by atoms with E-state index in [9.17, 15) is 19.8 Å². The summed E-state index contributed by atoms with van der Waals surface area (Å²) in [6.07, 6.45) is 7.71. The smallest absolute Gasteiger partial charge is 0.319 e. The minimum atomic E-state index is -1.28. The molecule has 6 aliphatic rings. The van der Waals surface area contributed by atoms with Crippen LogP contribution in [0.5, 0.6) is 11.8 Å². The Kier molecular flexibility index (Phi) is 11.9. The van der Waals surface area contributed by atoms with Gasteiger partial charge >= 0.3 is 6.01 Å². The SMILES string of the molecule is C=C1CC[C@H](N2Cc3cc(N4CCN(CC5(F)CCN(CC6(COc7nc(N8CCC[C@@](C)(O)C8)c8cnc(-c9cc(O)cc%10cccc(CC)c9%10)c(F)c8n7)CC6)CC5)CC4)ccc3C2=O)C(=O)N1. The number of alkyl halides is 1. The molecule has 1 saturated carbocycles. The van der Waals surface area contributed by atoms with Crippen molar-refractivity contribution in [2.45, 2.75) is 95.5 Å². The van der Waals surface area contributed by atoms with Gasteiger partial charge in [0.15, 0.2) is 5.82 Å². The van der Waals surface area contributed by atoms with Gasteiger partial charge in [-0.3, -0.25) is 19.5 Å². The maximum atomic E-state index is 17.1. The number of benzene rings is 3. The molecule has 368 valence electrons. The number of amides is 2. The Morgan fingerprint density at radius 3 is 2.44 bits per heavy atom. The number of likely N-dealkylation sites (tertiary alicyclic amines) is 1. The zero-order valence-electron chi connectivity index (χ0n) is 40.3. The number of carbonyl (C=O) groups is 2. The normalized spacial score (nSPS) is 23.8. The molecule has 2 amide bonds. The number of hydrogen-bond acceptors (Lipinski definition) is 12. The minimum Gasteiger partial charge on any atom is -0.508 e. The predicted molar refractivity (Wildman–Crippen MR) is 265 cm³/mol. The van der Waals surface area contributed by atoms with Gasteiger partial charge < -0.3 is 39.9 Å². The molecule has 0 bridgehead atoms. The number of aryl methyl sites for hydroxylation is 1. The van der Waals surface area contributed by atoms with Crippen molar-refractivity contribution in [2.75, 3.05) is 81.9 Å². The molecular formula is C54H63F2N9O5. The van der Waals surface area contributed by atoms with Gasteiger partial charge in [-0.2, -0.15) is 9.97 Å². The van der Waals surface area contributed by atoms with E-state index in [4.69, 9.17) is 14.7 Å². The molecule has 7 heterocycles. The van der Waals surface area contributed by atoms with Crippen molar-refractivity contribution in [3.8, 4) is 23.0 Å². The van der Waals surface area contributed by atoms with Gasteiger partial charge in [-0.15, -0.1) is 0 Å². The number of pyridine rings is 1. The van der Waals surface area contributed by atoms with Gasteiger partial charge in [0, 0.05) is 106 Å². The Morgan fingerprint density at radius 1 is 0.914 bits per heavy atom. The molecule has 4 saturated heterocycles. The standard InChI is InChI=1S/C54H63F2N9O5/c1-4-35-7-5-8-36-26-39(66)27-41(44(35)36)46-45(55)47-42(28-57-46)48(64-18-6-13-52(3,69)30-64)60-51(59-47)70-33-53(14-15-53)31-61-19-16-54(56,17-20-61)32-62-21-23-63(24-22-62)38-10-11-40-37(25-38)29-65(50(40)68)43-12-9-34(2)58-49(43)67/h5,7-8,10-11,25-28,43,66,69H,2,4,6,9,12-24,29-33H2,1,3H3,(H,58,67)/t43-,52+/m0/s1. The van der Waals surface area contributed by atoms with Gasteiger partial charge in [0.25, 0.3) is 5.91 Å². The van der Waals surface area contributed by atoms with Crippen molar-refractivity contribution in [1.29, 1.82) is 0 Å². The first-order chi connectivity index (χ1) is 33.7. The molecule has 1 aliphatic carbocycles. The lowest BCUT2D eigenvalue weighted by molar-refractivity contribution is -0.126. The van der Waals surface area contributed by atoms with Crippen LogP contribution in [0.3, 0.4) is 0 Å². The van der Waals surface area contributed by atoms with Crippen molar-refractivity contribution >= 4 is 45.0 Å². The summed E-state index contributed by atoms with van der Waals surface area (Å²) in [6.45, 7) is 14.8. The number of piperidine rings is 3. The summed E-state index contributed by atoms with van der Waals surface area (Å²) < 4.78 is 40.2. The summed E-state index contributed by atoms with van der Waals surface area (Å²) >= 11 is 0. The van der Waals surface area contributed by atoms with Crippen molar-refractivity contribution in [1.82, 2.24) is 35.0 Å². The second kappa shape index (κ2) is 18.0. The number of hydrogen-bond donors (Lipinski definition) is 3. The number of carbonyl (C=O) groups excluding carboxylic acids is 2. The topological polar surface area (TPSA) is 151 Å². The Labute approximate surface area is 407 Å². The van der Waals surface area contributed by atoms with Crippen LogP contribution in [0.2, 0.25) is 0 Å². The van der Waals surface area contributed by atoms with Gasteiger partial charge in [-0.05, 0) is 117 Å². The van der Waals surface area contributed by atoms with Crippen LogP contribution < -0.4 is 19.9 Å². The highest BCUT2D eigenvalue weighted by Gasteiger charge is 2.47. The van der Waals surface area contributed by atoms with E-state index < -0.39 is 23.1 Å². The number of allylic oxidation sites excluding steroid dienone is 1. The number of β-amino-alcohol motifs (C(OH)–C–C–N with tert-alkyl or cyclic N) is 1. The Bertz CT molecular complexity index is 2890. The molecule has 5 aromatic rings. The van der Waals surface area contributed by atoms with Gasteiger partial charge in [0.2, 0.25) is 5.91 Å². The molecule has 14 nitrogen and oxygen atoms in total. The third kappa shape index (κ3) is 9.02. The number of aromatic nitrogens is 3. The van der Waals surface area contributed by atoms with E-state index in [-0.39, 0.29) is 40.2 Å². The highest BCUT2D eigenvalue weighted by atomic mass is 19.1. The lowest BCUT2D eigenvalue weighted by atomic mass is 9.91. The van der Waals surface area contributed by atoms with Crippen molar-refractivity contribution in [3.63, 3.8) is 0 Å². The molecule has 2 atom stereocenters. The second-order valence-corrected chi connectivity index (χ2v) is 21.3. The van der Waals surface area contributed by atoms with Crippen molar-refractivity contribution in [2.24, 2.45) is 5.41 Å². The molecule has 3 N–H and O–H groups in total. The third-order valence-corrected chi connectivity index (χ3v) is 15.9. The number of nitrogens with zero attached hydrogens (tertiary/aromatic N) is 8. The van der Waals surface area contributed by atoms with Crippen molar-refractivity contribution in [3.05, 3.63) is 89.5 Å². The fourth-order valence-corrected chi connectivity index (χ4v) is 11.8. The summed E-state index contributed by atoms with van der Waals surface area (Å²) in [5.41, 5.74) is 2.57. The lowest BCUT2D eigenvalue weighted by Gasteiger charge is -2.43. The van der Waals surface area contributed by atoms with Crippen LogP contribution in [-0.2, 0) is 17.8 Å². The number of nitrogens with one attached hydrogen (secondary N) is 1. The van der Waals surface area contributed by atoms with E-state index in [1.807, 2.05) is 42.2 Å². The summed E-state index contributed by atoms with van der Waals surface area (Å²) in [5, 5.41) is 26.7. The number of rotatable bonds is 12. The number of aromatic hydroxyl groups is 1. The number of halogens is 2. The summed E-state index contributed by atoms with van der Waals surface area (Å²) in [5.74, 6) is -0.440. The number of phenolic OH excluding ortho intramolecular Hbond substituents is 1. The number of anilines is 2. The maximum Gasteiger partial charge on any atom is 0.319 e. The third-order valence-electron chi connectivity index (χ3n) is 15.9. The lowest BCUT2D eigenvalue weighted by Crippen LogP contribution is -2.54. The molecule has 5 fully saturated rings. The summed E-state index contributed by atoms with van der Waals surface area (Å²) in [4.78, 5) is 50.8. The predicted octanol–water partition coefficient (Wildman–Crippen LogP) is 7.14. The first-order valence-electron chi connectivity index (χ1n) is 25.2. The van der Waals surface area contributed by atoms with E-state index in [0.717, 1.165) is 79.6 Å². The van der Waals surface area contributed by atoms with Crippen LogP contribution in [0.1, 0.15) is 86.7 Å². The fraction of sp³-hybridized carbons (Fsp3) is 0.500. The van der Waals surface area contributed by atoms with Gasteiger partial charge in [-0.25, -0.2) is 8.78 Å². The molecule has 5 aliphatic heterocycles. The average Bonchev–Trinajstić information content (AvgIpc) is 4.03. The zero-order valence-corrected chi connectivity index (χ0v) is 40.3.